The van der Waals surface area contributed by atoms with Gasteiger partial charge < -0.3 is 19.8 Å². The number of unbranched alkanes of at least 4 members (excludes halogenated alkanes) is 13. The van der Waals surface area contributed by atoms with Gasteiger partial charge in [-0.25, -0.2) is 4.57 Å². The van der Waals surface area contributed by atoms with E-state index < -0.39 is 20.0 Å². The summed E-state index contributed by atoms with van der Waals surface area (Å²) in [6, 6.07) is -0.757. The van der Waals surface area contributed by atoms with Gasteiger partial charge in [0.05, 0.1) is 39.9 Å². The molecular weight excluding hydrogens is 563 g/mol. The Hall–Kier alpha value is -1.02. The number of nitrogens with one attached hydrogen (secondary N) is 1. The lowest BCUT2D eigenvalue weighted by molar-refractivity contribution is -0.870. The molecular formula is C34H68N2O6P+. The van der Waals surface area contributed by atoms with Gasteiger partial charge in [0.25, 0.3) is 0 Å². The van der Waals surface area contributed by atoms with E-state index in [9.17, 15) is 19.4 Å². The number of allylic oxidation sites excluding steroid dienone is 4. The van der Waals surface area contributed by atoms with E-state index in [1.165, 1.54) is 51.4 Å². The van der Waals surface area contributed by atoms with E-state index in [0.29, 0.717) is 23.9 Å². The minimum atomic E-state index is -4.29. The number of aliphatic hydroxyl groups excluding tert-OH is 1. The van der Waals surface area contributed by atoms with Crippen molar-refractivity contribution in [1.82, 2.24) is 5.32 Å². The van der Waals surface area contributed by atoms with Gasteiger partial charge in [-0.2, -0.15) is 0 Å². The molecule has 0 radical (unpaired) electrons. The lowest BCUT2D eigenvalue weighted by Crippen LogP contribution is -2.46. The van der Waals surface area contributed by atoms with Crippen LogP contribution in [0.25, 0.3) is 0 Å². The van der Waals surface area contributed by atoms with Crippen molar-refractivity contribution in [2.45, 2.75) is 148 Å². The van der Waals surface area contributed by atoms with E-state index >= 15 is 0 Å². The fraction of sp³-hybridized carbons (Fsp3) is 0.853. The van der Waals surface area contributed by atoms with Crippen LogP contribution in [-0.4, -0.2) is 73.4 Å². The third-order valence-electron chi connectivity index (χ3n) is 7.45. The first-order valence-electron chi connectivity index (χ1n) is 17.2. The monoisotopic (exact) mass is 631 g/mol. The normalized spacial score (nSPS) is 15.2. The van der Waals surface area contributed by atoms with Crippen LogP contribution in [0, 0.1) is 0 Å². The van der Waals surface area contributed by atoms with E-state index in [-0.39, 0.29) is 19.1 Å². The van der Waals surface area contributed by atoms with Crippen LogP contribution in [0.1, 0.15) is 136 Å². The zero-order valence-electron chi connectivity index (χ0n) is 28.4. The molecule has 0 aliphatic carbocycles. The first-order chi connectivity index (χ1) is 20.5. The van der Waals surface area contributed by atoms with E-state index in [2.05, 4.69) is 43.5 Å². The Balaban J connectivity index is 4.25. The molecule has 3 unspecified atom stereocenters. The van der Waals surface area contributed by atoms with Gasteiger partial charge in [-0.3, -0.25) is 13.8 Å². The Kier molecular flexibility index (Phi) is 26.7. The van der Waals surface area contributed by atoms with Gasteiger partial charge in [0.15, 0.2) is 0 Å². The number of nitrogens with zero attached hydrogens (tertiary/aromatic N) is 1. The molecule has 0 saturated carbocycles. The molecule has 0 bridgehead atoms. The maximum Gasteiger partial charge on any atom is 0.472 e. The highest BCUT2D eigenvalue weighted by Gasteiger charge is 2.28. The van der Waals surface area contributed by atoms with E-state index in [4.69, 9.17) is 9.05 Å². The van der Waals surface area contributed by atoms with Crippen LogP contribution < -0.4 is 5.32 Å². The Bertz CT molecular complexity index is 768. The van der Waals surface area contributed by atoms with Gasteiger partial charge in [-0.15, -0.1) is 0 Å². The minimum Gasteiger partial charge on any atom is -0.391 e. The Morgan fingerprint density at radius 1 is 0.791 bits per heavy atom. The minimum absolute atomic E-state index is 0.0715. The van der Waals surface area contributed by atoms with Crippen molar-refractivity contribution in [1.29, 1.82) is 0 Å². The van der Waals surface area contributed by atoms with Crippen LogP contribution in [-0.2, 0) is 18.4 Å². The number of aliphatic hydroxyl groups is 1. The molecule has 0 aliphatic rings. The molecule has 0 aromatic rings. The third kappa shape index (κ3) is 29.5. The van der Waals surface area contributed by atoms with Crippen LogP contribution in [0.5, 0.6) is 0 Å². The van der Waals surface area contributed by atoms with Gasteiger partial charge in [0.2, 0.25) is 5.91 Å². The van der Waals surface area contributed by atoms with E-state index in [1.807, 2.05) is 21.1 Å². The SMILES string of the molecule is CCCCC/C=C\C/C=C\CCCCCCCCCC(=O)NC(COP(=O)(O)OCC[N+](C)(C)C)C(O)CCCCCC. The summed E-state index contributed by atoms with van der Waals surface area (Å²) >= 11 is 0. The fourth-order valence-electron chi connectivity index (χ4n) is 4.60. The average molecular weight is 632 g/mol. The zero-order valence-corrected chi connectivity index (χ0v) is 29.3. The molecule has 3 N–H and O–H groups in total. The Morgan fingerprint density at radius 3 is 1.93 bits per heavy atom. The second-order valence-electron chi connectivity index (χ2n) is 12.9. The summed E-state index contributed by atoms with van der Waals surface area (Å²) in [5, 5.41) is 13.6. The number of carbonyl (C=O) groups is 1. The first-order valence-corrected chi connectivity index (χ1v) is 18.7. The smallest absolute Gasteiger partial charge is 0.391 e. The highest BCUT2D eigenvalue weighted by molar-refractivity contribution is 7.47. The number of phosphoric ester groups is 1. The van der Waals surface area contributed by atoms with Crippen molar-refractivity contribution in [3.8, 4) is 0 Å². The van der Waals surface area contributed by atoms with Crippen molar-refractivity contribution in [3.63, 3.8) is 0 Å². The largest absolute Gasteiger partial charge is 0.472 e. The molecule has 0 saturated heterocycles. The summed E-state index contributed by atoms with van der Waals surface area (Å²) < 4.78 is 23.2. The quantitative estimate of drug-likeness (QED) is 0.0319. The van der Waals surface area contributed by atoms with Gasteiger partial charge in [-0.1, -0.05) is 109 Å². The van der Waals surface area contributed by atoms with Gasteiger partial charge in [0, 0.05) is 6.42 Å². The molecule has 9 heteroatoms. The molecule has 0 aromatic heterocycles. The number of carbonyl (C=O) groups excluding carboxylic acids is 1. The predicted octanol–water partition coefficient (Wildman–Crippen LogP) is 8.24. The van der Waals surface area contributed by atoms with Crippen LogP contribution in [0.4, 0.5) is 0 Å². The number of hydrogen-bond acceptors (Lipinski definition) is 5. The molecule has 0 aliphatic heterocycles. The van der Waals surface area contributed by atoms with Crippen LogP contribution >= 0.6 is 7.82 Å². The molecule has 0 aromatic carbocycles. The average Bonchev–Trinajstić information content (AvgIpc) is 2.94. The van der Waals surface area contributed by atoms with Crippen molar-refractivity contribution in [3.05, 3.63) is 24.3 Å². The van der Waals surface area contributed by atoms with Crippen molar-refractivity contribution in [2.24, 2.45) is 0 Å². The third-order valence-corrected chi connectivity index (χ3v) is 8.44. The van der Waals surface area contributed by atoms with E-state index in [1.54, 1.807) is 0 Å². The van der Waals surface area contributed by atoms with Crippen LogP contribution in [0.15, 0.2) is 24.3 Å². The van der Waals surface area contributed by atoms with Crippen LogP contribution in [0.3, 0.4) is 0 Å². The molecule has 3 atom stereocenters. The number of phosphoric acid groups is 1. The zero-order chi connectivity index (χ0) is 32.2. The lowest BCUT2D eigenvalue weighted by atomic mass is 10.0. The number of rotatable bonds is 30. The first kappa shape index (κ1) is 42.0. The molecule has 8 nitrogen and oxygen atoms in total. The molecule has 0 rings (SSSR count). The van der Waals surface area contributed by atoms with Crippen molar-refractivity contribution >= 4 is 13.7 Å². The molecule has 254 valence electrons. The second-order valence-corrected chi connectivity index (χ2v) is 14.3. The maximum absolute atomic E-state index is 12.6. The van der Waals surface area contributed by atoms with Gasteiger partial charge in [0.1, 0.15) is 13.2 Å². The van der Waals surface area contributed by atoms with E-state index in [0.717, 1.165) is 57.8 Å². The summed E-state index contributed by atoms with van der Waals surface area (Å²) in [5.74, 6) is -0.164. The second kappa shape index (κ2) is 27.3. The number of amides is 1. The maximum atomic E-state index is 12.6. The lowest BCUT2D eigenvalue weighted by Gasteiger charge is -2.26. The standard InChI is InChI=1S/C34H67N2O6P/c1-6-8-10-12-13-14-15-16-17-18-19-20-21-22-23-24-26-28-34(38)35-32(33(37)27-25-11-9-7-2)31-42-43(39,40)41-30-29-36(3,4)5/h13-14,16-17,32-33,37H,6-12,15,18-31H2,1-5H3,(H-,35,38,39,40)/p+1/b14-13-,17-16-. The van der Waals surface area contributed by atoms with Crippen molar-refractivity contribution in [2.75, 3.05) is 40.9 Å². The molecule has 1 amide bonds. The van der Waals surface area contributed by atoms with Gasteiger partial charge >= 0.3 is 7.82 Å². The van der Waals surface area contributed by atoms with Crippen molar-refractivity contribution < 1.29 is 32.9 Å². The number of hydrogen-bond donors (Lipinski definition) is 3. The summed E-state index contributed by atoms with van der Waals surface area (Å²) in [6.45, 7) is 4.70. The van der Waals surface area contributed by atoms with Crippen LogP contribution in [0.2, 0.25) is 0 Å². The van der Waals surface area contributed by atoms with Gasteiger partial charge in [-0.05, 0) is 44.9 Å². The molecule has 0 fully saturated rings. The summed E-state index contributed by atoms with van der Waals surface area (Å²) in [5.41, 5.74) is 0. The number of quaternary nitrogens is 1. The molecule has 43 heavy (non-hydrogen) atoms. The summed E-state index contributed by atoms with van der Waals surface area (Å²) in [6.07, 6.45) is 28.2. The fourth-order valence-corrected chi connectivity index (χ4v) is 5.34. The summed E-state index contributed by atoms with van der Waals surface area (Å²) in [4.78, 5) is 22.7. The predicted molar refractivity (Wildman–Crippen MR) is 180 cm³/mol. The topological polar surface area (TPSA) is 105 Å². The highest BCUT2D eigenvalue weighted by atomic mass is 31.2. The Morgan fingerprint density at radius 2 is 1.33 bits per heavy atom. The summed E-state index contributed by atoms with van der Waals surface area (Å²) in [7, 11) is 1.60. The molecule has 0 heterocycles. The highest BCUT2D eigenvalue weighted by Crippen LogP contribution is 2.43. The number of likely N-dealkylation sites (N-methyl/N-ethyl adjacent to an activating group) is 1. The Labute approximate surface area is 264 Å². The molecule has 0 spiro atoms.